The quantitative estimate of drug-likeness (QED) is 0.804. The fourth-order valence-corrected chi connectivity index (χ4v) is 1.17. The molecule has 0 aliphatic heterocycles. The van der Waals surface area contributed by atoms with Crippen molar-refractivity contribution in [1.82, 2.24) is 0 Å². The van der Waals surface area contributed by atoms with Crippen molar-refractivity contribution in [2.45, 2.75) is 27.2 Å². The molecule has 80 valence electrons. The van der Waals surface area contributed by atoms with Gasteiger partial charge >= 0.3 is 0 Å². The molecule has 0 saturated carbocycles. The van der Waals surface area contributed by atoms with Gasteiger partial charge in [0.2, 0.25) is 0 Å². The summed E-state index contributed by atoms with van der Waals surface area (Å²) in [5.74, 6) is 1.02. The summed E-state index contributed by atoms with van der Waals surface area (Å²) < 4.78 is 5.54. The Morgan fingerprint density at radius 3 is 2.36 bits per heavy atom. The molecule has 2 N–H and O–H groups in total. The van der Waals surface area contributed by atoms with Crippen LogP contribution in [0.3, 0.4) is 0 Å². The van der Waals surface area contributed by atoms with Gasteiger partial charge in [0.25, 0.3) is 0 Å². The maximum Gasteiger partial charge on any atom is 0.122 e. The van der Waals surface area contributed by atoms with Crippen LogP contribution in [0.5, 0.6) is 5.75 Å². The summed E-state index contributed by atoms with van der Waals surface area (Å²) in [6, 6.07) is 6.27. The van der Waals surface area contributed by atoms with Crippen molar-refractivity contribution in [3.05, 3.63) is 29.3 Å². The van der Waals surface area contributed by atoms with Gasteiger partial charge in [-0.1, -0.05) is 24.6 Å². The molecule has 0 radical (unpaired) electrons. The van der Waals surface area contributed by atoms with Gasteiger partial charge in [-0.3, -0.25) is 0 Å². The van der Waals surface area contributed by atoms with E-state index in [1.54, 1.807) is 0 Å². The van der Waals surface area contributed by atoms with E-state index in [4.69, 9.17) is 4.74 Å². The van der Waals surface area contributed by atoms with Crippen LogP contribution in [0.15, 0.2) is 18.2 Å². The Bertz CT molecular complexity index is 258. The Morgan fingerprint density at radius 1 is 1.21 bits per heavy atom. The number of rotatable bonds is 3. The van der Waals surface area contributed by atoms with Gasteiger partial charge in [-0.05, 0) is 38.9 Å². The molecule has 0 aliphatic carbocycles. The normalized spacial score (nSPS) is 8.93. The molecule has 0 aliphatic rings. The van der Waals surface area contributed by atoms with Gasteiger partial charge in [0, 0.05) is 0 Å². The van der Waals surface area contributed by atoms with Gasteiger partial charge in [-0.15, -0.1) is 0 Å². The van der Waals surface area contributed by atoms with Gasteiger partial charge in [0.15, 0.2) is 0 Å². The second-order valence-corrected chi connectivity index (χ2v) is 3.12. The molecule has 1 rings (SSSR count). The van der Waals surface area contributed by atoms with Gasteiger partial charge in [0.1, 0.15) is 5.75 Å². The molecule has 2 nitrogen and oxygen atoms in total. The van der Waals surface area contributed by atoms with Gasteiger partial charge in [-0.25, -0.2) is 0 Å². The minimum Gasteiger partial charge on any atom is -0.493 e. The molecule has 0 saturated heterocycles. The Morgan fingerprint density at radius 2 is 1.86 bits per heavy atom. The lowest BCUT2D eigenvalue weighted by molar-refractivity contribution is 0.315. The van der Waals surface area contributed by atoms with Crippen molar-refractivity contribution < 1.29 is 4.74 Å². The van der Waals surface area contributed by atoms with E-state index in [-0.39, 0.29) is 0 Å². The van der Waals surface area contributed by atoms with E-state index in [1.807, 2.05) is 6.07 Å². The Labute approximate surface area is 87.1 Å². The van der Waals surface area contributed by atoms with Gasteiger partial charge < -0.3 is 10.5 Å². The molecule has 2 heteroatoms. The van der Waals surface area contributed by atoms with Crippen LogP contribution >= 0.6 is 0 Å². The monoisotopic (exact) mass is 195 g/mol. The molecule has 0 bridgehead atoms. The van der Waals surface area contributed by atoms with Crippen LogP contribution in [0.25, 0.3) is 0 Å². The maximum absolute atomic E-state index is 5.54. The van der Waals surface area contributed by atoms with E-state index < -0.39 is 0 Å². The lowest BCUT2D eigenvalue weighted by Crippen LogP contribution is -1.96. The number of hydrogen-bond donors (Lipinski definition) is 1. The highest BCUT2D eigenvalue weighted by atomic mass is 16.5. The van der Waals surface area contributed by atoms with Crippen LogP contribution in [-0.4, -0.2) is 13.7 Å². The summed E-state index contributed by atoms with van der Waals surface area (Å²) in [5.41, 5.74) is 7.01. The molecule has 14 heavy (non-hydrogen) atoms. The van der Waals surface area contributed by atoms with Crippen molar-refractivity contribution in [3.63, 3.8) is 0 Å². The predicted octanol–water partition coefficient (Wildman–Crippen LogP) is 2.67. The van der Waals surface area contributed by atoms with Crippen molar-refractivity contribution in [3.8, 4) is 5.75 Å². The zero-order valence-corrected chi connectivity index (χ0v) is 9.63. The number of nitrogens with two attached hydrogens (primary N) is 1. The van der Waals surface area contributed by atoms with E-state index in [2.05, 4.69) is 38.6 Å². The fraction of sp³-hybridized carbons (Fsp3) is 0.500. The van der Waals surface area contributed by atoms with E-state index in [0.717, 1.165) is 18.8 Å². The molecule has 0 fully saturated rings. The van der Waals surface area contributed by atoms with Crippen LogP contribution in [0.4, 0.5) is 0 Å². The van der Waals surface area contributed by atoms with E-state index in [0.29, 0.717) is 0 Å². The summed E-state index contributed by atoms with van der Waals surface area (Å²) in [7, 11) is 1.50. The van der Waals surface area contributed by atoms with Crippen LogP contribution in [0, 0.1) is 13.8 Å². The molecular formula is C12H21NO. The van der Waals surface area contributed by atoms with Crippen molar-refractivity contribution >= 4 is 0 Å². The van der Waals surface area contributed by atoms with Crippen LogP contribution in [-0.2, 0) is 0 Å². The molecule has 1 aromatic carbocycles. The van der Waals surface area contributed by atoms with Crippen molar-refractivity contribution in [2.24, 2.45) is 5.73 Å². The highest BCUT2D eigenvalue weighted by Crippen LogP contribution is 2.18. The third-order valence-electron chi connectivity index (χ3n) is 1.79. The lowest BCUT2D eigenvalue weighted by Gasteiger charge is -2.07. The minimum absolute atomic E-state index is 0.809. The average molecular weight is 195 g/mol. The molecular weight excluding hydrogens is 174 g/mol. The lowest BCUT2D eigenvalue weighted by atomic mass is 10.1. The summed E-state index contributed by atoms with van der Waals surface area (Å²) in [5, 5.41) is 0. The predicted molar refractivity (Wildman–Crippen MR) is 61.8 cm³/mol. The summed E-state index contributed by atoms with van der Waals surface area (Å²) in [6.07, 6.45) is 1.06. The van der Waals surface area contributed by atoms with Crippen molar-refractivity contribution in [2.75, 3.05) is 13.7 Å². The number of hydrogen-bond acceptors (Lipinski definition) is 2. The molecule has 0 heterocycles. The average Bonchev–Trinajstić information content (AvgIpc) is 2.20. The zero-order chi connectivity index (χ0) is 11.0. The molecule has 1 aromatic rings. The van der Waals surface area contributed by atoms with E-state index >= 15 is 0 Å². The van der Waals surface area contributed by atoms with E-state index in [9.17, 15) is 0 Å². The summed E-state index contributed by atoms with van der Waals surface area (Å²) >= 11 is 0. The Kier molecular flexibility index (Phi) is 6.85. The van der Waals surface area contributed by atoms with Crippen molar-refractivity contribution in [1.29, 1.82) is 0 Å². The SMILES string of the molecule is CCCOc1ccc(C)cc1C.CN. The molecule has 0 amide bonds. The second-order valence-electron chi connectivity index (χ2n) is 3.12. The maximum atomic E-state index is 5.54. The van der Waals surface area contributed by atoms with Crippen LogP contribution < -0.4 is 10.5 Å². The molecule has 0 unspecified atom stereocenters. The Balaban J connectivity index is 0.000000791. The topological polar surface area (TPSA) is 35.2 Å². The third kappa shape index (κ3) is 4.28. The van der Waals surface area contributed by atoms with Crippen LogP contribution in [0.2, 0.25) is 0 Å². The number of benzene rings is 1. The highest BCUT2D eigenvalue weighted by Gasteiger charge is 1.97. The smallest absolute Gasteiger partial charge is 0.122 e. The van der Waals surface area contributed by atoms with E-state index in [1.165, 1.54) is 18.2 Å². The minimum atomic E-state index is 0.809. The largest absolute Gasteiger partial charge is 0.493 e. The molecule has 0 aromatic heterocycles. The first kappa shape index (κ1) is 13.0. The second kappa shape index (κ2) is 7.39. The first-order valence-corrected chi connectivity index (χ1v) is 5.02. The van der Waals surface area contributed by atoms with Gasteiger partial charge in [-0.2, -0.15) is 0 Å². The zero-order valence-electron chi connectivity index (χ0n) is 9.63. The molecule has 0 atom stereocenters. The number of aryl methyl sites for hydroxylation is 2. The first-order chi connectivity index (χ1) is 6.74. The Hall–Kier alpha value is -1.02. The standard InChI is InChI=1S/C11H16O.CH5N/c1-4-7-12-11-6-5-9(2)8-10(11)3;1-2/h5-6,8H,4,7H2,1-3H3;2H2,1H3. The summed E-state index contributed by atoms with van der Waals surface area (Å²) in [4.78, 5) is 0. The first-order valence-electron chi connectivity index (χ1n) is 5.02. The van der Waals surface area contributed by atoms with Gasteiger partial charge in [0.05, 0.1) is 6.61 Å². The molecule has 0 spiro atoms. The van der Waals surface area contributed by atoms with Crippen LogP contribution in [0.1, 0.15) is 24.5 Å². The number of ether oxygens (including phenoxy) is 1. The fourth-order valence-electron chi connectivity index (χ4n) is 1.17. The summed E-state index contributed by atoms with van der Waals surface area (Å²) in [6.45, 7) is 7.10. The third-order valence-corrected chi connectivity index (χ3v) is 1.79. The highest BCUT2D eigenvalue weighted by molar-refractivity contribution is 5.35.